The van der Waals surface area contributed by atoms with Gasteiger partial charge in [0.05, 0.1) is 7.11 Å². The maximum absolute atomic E-state index is 9.76. The molecule has 0 aliphatic heterocycles. The first-order chi connectivity index (χ1) is 9.60. The second kappa shape index (κ2) is 5.97. The maximum atomic E-state index is 9.76. The molecule has 2 aromatic rings. The van der Waals surface area contributed by atoms with E-state index in [0.717, 1.165) is 11.3 Å². The van der Waals surface area contributed by atoms with Gasteiger partial charge in [0.15, 0.2) is 0 Å². The first-order valence-electron chi connectivity index (χ1n) is 6.13. The molecule has 0 aromatic heterocycles. The van der Waals surface area contributed by atoms with E-state index in [1.54, 1.807) is 13.2 Å². The Morgan fingerprint density at radius 1 is 1.10 bits per heavy atom. The van der Waals surface area contributed by atoms with Gasteiger partial charge in [-0.1, -0.05) is 30.9 Å². The van der Waals surface area contributed by atoms with Crippen molar-refractivity contribution >= 4 is 11.6 Å². The summed E-state index contributed by atoms with van der Waals surface area (Å²) in [5.74, 6) is 0.838. The monoisotopic (exact) mass is 268 g/mol. The molecule has 2 N–H and O–H groups in total. The van der Waals surface area contributed by atoms with Crippen LogP contribution >= 0.6 is 0 Å². The van der Waals surface area contributed by atoms with Gasteiger partial charge in [0, 0.05) is 11.6 Å². The van der Waals surface area contributed by atoms with E-state index in [4.69, 9.17) is 4.74 Å². The lowest BCUT2D eigenvalue weighted by Crippen LogP contribution is -1.82. The molecule has 3 nitrogen and oxygen atoms in total. The number of allylic oxidation sites excluding steroid dienone is 2. The van der Waals surface area contributed by atoms with Gasteiger partial charge in [-0.25, -0.2) is 0 Å². The molecule has 102 valence electrons. The Hall–Kier alpha value is -2.68. The molecule has 0 saturated carbocycles. The van der Waals surface area contributed by atoms with Crippen LogP contribution in [0.2, 0.25) is 0 Å². The highest BCUT2D eigenvalue weighted by Gasteiger charge is 2.03. The Kier molecular flexibility index (Phi) is 4.11. The molecule has 0 fully saturated rings. The molecule has 0 aliphatic carbocycles. The third-order valence-corrected chi connectivity index (χ3v) is 2.92. The van der Waals surface area contributed by atoms with E-state index in [1.807, 2.05) is 36.4 Å². The van der Waals surface area contributed by atoms with Crippen LogP contribution in [0.1, 0.15) is 11.1 Å². The fourth-order valence-electron chi connectivity index (χ4n) is 1.79. The zero-order valence-corrected chi connectivity index (χ0v) is 11.2. The maximum Gasteiger partial charge on any atom is 0.127 e. The van der Waals surface area contributed by atoms with Crippen molar-refractivity contribution in [3.8, 4) is 17.2 Å². The Labute approximate surface area is 118 Å². The molecule has 2 aromatic carbocycles. The Morgan fingerprint density at radius 3 is 2.40 bits per heavy atom. The topological polar surface area (TPSA) is 49.7 Å². The Balaban J connectivity index is 2.15. The van der Waals surface area contributed by atoms with Crippen molar-refractivity contribution in [3.05, 3.63) is 66.2 Å². The average molecular weight is 268 g/mol. The van der Waals surface area contributed by atoms with Crippen LogP contribution in [0.25, 0.3) is 11.6 Å². The van der Waals surface area contributed by atoms with Gasteiger partial charge in [-0.05, 0) is 35.4 Å². The third-order valence-electron chi connectivity index (χ3n) is 2.92. The molecule has 0 atom stereocenters. The molecule has 0 heterocycles. The molecule has 20 heavy (non-hydrogen) atoms. The molecular weight excluding hydrogens is 252 g/mol. The number of hydrogen-bond acceptors (Lipinski definition) is 3. The van der Waals surface area contributed by atoms with Crippen molar-refractivity contribution in [2.75, 3.05) is 7.11 Å². The Morgan fingerprint density at radius 2 is 1.80 bits per heavy atom. The van der Waals surface area contributed by atoms with Gasteiger partial charge in [-0.3, -0.25) is 0 Å². The number of aromatic hydroxyl groups is 2. The number of phenolic OH excluding ortho intramolecular Hbond substituents is 2. The summed E-state index contributed by atoms with van der Waals surface area (Å²) in [6, 6.07) is 12.0. The SMILES string of the molecule is C=C(/C=C/c1ccc(OC)cc1)c1ccc(O)cc1O. The molecule has 2 rings (SSSR count). The summed E-state index contributed by atoms with van der Waals surface area (Å²) in [4.78, 5) is 0. The van der Waals surface area contributed by atoms with E-state index < -0.39 is 0 Å². The minimum Gasteiger partial charge on any atom is -0.508 e. The van der Waals surface area contributed by atoms with Crippen LogP contribution in [0.3, 0.4) is 0 Å². The first-order valence-corrected chi connectivity index (χ1v) is 6.13. The largest absolute Gasteiger partial charge is 0.508 e. The van der Waals surface area contributed by atoms with Gasteiger partial charge in [-0.2, -0.15) is 0 Å². The van der Waals surface area contributed by atoms with Gasteiger partial charge in [-0.15, -0.1) is 0 Å². The predicted octanol–water partition coefficient (Wildman–Crippen LogP) is 3.83. The van der Waals surface area contributed by atoms with Crippen molar-refractivity contribution in [3.63, 3.8) is 0 Å². The fourth-order valence-corrected chi connectivity index (χ4v) is 1.79. The Bertz CT molecular complexity index is 640. The lowest BCUT2D eigenvalue weighted by Gasteiger charge is -2.05. The van der Waals surface area contributed by atoms with Crippen molar-refractivity contribution in [2.24, 2.45) is 0 Å². The molecule has 0 unspecified atom stereocenters. The van der Waals surface area contributed by atoms with Crippen molar-refractivity contribution in [1.82, 2.24) is 0 Å². The number of rotatable bonds is 4. The van der Waals surface area contributed by atoms with Crippen molar-refractivity contribution in [1.29, 1.82) is 0 Å². The zero-order valence-electron chi connectivity index (χ0n) is 11.2. The highest BCUT2D eigenvalue weighted by molar-refractivity contribution is 5.80. The van der Waals surface area contributed by atoms with Gasteiger partial charge < -0.3 is 14.9 Å². The normalized spacial score (nSPS) is 10.7. The number of hydrogen-bond donors (Lipinski definition) is 2. The highest BCUT2D eigenvalue weighted by Crippen LogP contribution is 2.28. The fraction of sp³-hybridized carbons (Fsp3) is 0.0588. The molecule has 3 heteroatoms. The van der Waals surface area contributed by atoms with E-state index >= 15 is 0 Å². The van der Waals surface area contributed by atoms with Gasteiger partial charge >= 0.3 is 0 Å². The number of ether oxygens (including phenoxy) is 1. The average Bonchev–Trinajstić information content (AvgIpc) is 2.45. The van der Waals surface area contributed by atoms with E-state index in [0.29, 0.717) is 11.1 Å². The van der Waals surface area contributed by atoms with Gasteiger partial charge in [0.1, 0.15) is 17.2 Å². The summed E-state index contributed by atoms with van der Waals surface area (Å²) >= 11 is 0. The third kappa shape index (κ3) is 3.20. The first kappa shape index (κ1) is 13.7. The summed E-state index contributed by atoms with van der Waals surface area (Å²) in [7, 11) is 1.63. The smallest absolute Gasteiger partial charge is 0.127 e. The predicted molar refractivity (Wildman–Crippen MR) is 80.8 cm³/mol. The molecular formula is C17H16O3. The zero-order chi connectivity index (χ0) is 14.5. The molecule has 0 saturated heterocycles. The lowest BCUT2D eigenvalue weighted by atomic mass is 10.0. The summed E-state index contributed by atoms with van der Waals surface area (Å²) in [6.07, 6.45) is 3.71. The minimum absolute atomic E-state index is 0.00869. The second-order valence-electron chi connectivity index (χ2n) is 4.33. The van der Waals surface area contributed by atoms with Crippen LogP contribution < -0.4 is 4.74 Å². The second-order valence-corrected chi connectivity index (χ2v) is 4.33. The summed E-state index contributed by atoms with van der Waals surface area (Å²) < 4.78 is 5.09. The molecule has 0 bridgehead atoms. The summed E-state index contributed by atoms with van der Waals surface area (Å²) in [6.45, 7) is 3.91. The summed E-state index contributed by atoms with van der Waals surface area (Å²) in [5, 5.41) is 19.0. The van der Waals surface area contributed by atoms with Crippen LogP contribution in [0.4, 0.5) is 0 Å². The van der Waals surface area contributed by atoms with Crippen LogP contribution in [-0.2, 0) is 0 Å². The van der Waals surface area contributed by atoms with Gasteiger partial charge in [0.2, 0.25) is 0 Å². The van der Waals surface area contributed by atoms with E-state index in [-0.39, 0.29) is 11.5 Å². The number of methoxy groups -OCH3 is 1. The molecule has 0 radical (unpaired) electrons. The quantitative estimate of drug-likeness (QED) is 0.828. The highest BCUT2D eigenvalue weighted by atomic mass is 16.5. The standard InChI is InChI=1S/C17H16O3/c1-12(16-10-7-14(18)11-17(16)19)3-4-13-5-8-15(20-2)9-6-13/h3-11,18-19H,1H2,2H3/b4-3+. The number of phenols is 2. The van der Waals surface area contributed by atoms with Crippen molar-refractivity contribution < 1.29 is 14.9 Å². The van der Waals surface area contributed by atoms with E-state index in [9.17, 15) is 10.2 Å². The minimum atomic E-state index is 0.00869. The lowest BCUT2D eigenvalue weighted by molar-refractivity contribution is 0.415. The number of benzene rings is 2. The van der Waals surface area contributed by atoms with Crippen LogP contribution in [-0.4, -0.2) is 17.3 Å². The van der Waals surface area contributed by atoms with Crippen LogP contribution in [0.5, 0.6) is 17.2 Å². The summed E-state index contributed by atoms with van der Waals surface area (Å²) in [5.41, 5.74) is 2.26. The van der Waals surface area contributed by atoms with E-state index in [2.05, 4.69) is 6.58 Å². The molecule has 0 amide bonds. The van der Waals surface area contributed by atoms with Crippen LogP contribution in [0, 0.1) is 0 Å². The molecule has 0 spiro atoms. The van der Waals surface area contributed by atoms with E-state index in [1.165, 1.54) is 12.1 Å². The van der Waals surface area contributed by atoms with Crippen LogP contribution in [0.15, 0.2) is 55.1 Å². The molecule has 0 aliphatic rings. The van der Waals surface area contributed by atoms with Gasteiger partial charge in [0.25, 0.3) is 0 Å². The van der Waals surface area contributed by atoms with Crippen molar-refractivity contribution in [2.45, 2.75) is 0 Å².